The topological polar surface area (TPSA) is 82.7 Å². The van der Waals surface area contributed by atoms with Crippen LogP contribution in [0.3, 0.4) is 0 Å². The van der Waals surface area contributed by atoms with E-state index in [0.717, 1.165) is 24.4 Å². The summed E-state index contributed by atoms with van der Waals surface area (Å²) in [6.07, 6.45) is 4.42. The molecule has 1 aliphatic rings. The minimum atomic E-state index is -0.292. The van der Waals surface area contributed by atoms with Crippen molar-refractivity contribution in [3.05, 3.63) is 54.4 Å². The molecule has 0 aliphatic carbocycles. The average molecular weight is 496 g/mol. The molecule has 2 N–H and O–H groups in total. The first-order valence-corrected chi connectivity index (χ1v) is 8.86. The molecule has 28 heavy (non-hydrogen) atoms. The Kier molecular flexibility index (Phi) is 6.60. The summed E-state index contributed by atoms with van der Waals surface area (Å²) >= 11 is 0. The molecule has 1 fully saturated rings. The zero-order valence-electron chi connectivity index (χ0n) is 15.4. The van der Waals surface area contributed by atoms with Crippen molar-refractivity contribution in [3.63, 3.8) is 0 Å². The third kappa shape index (κ3) is 4.32. The van der Waals surface area contributed by atoms with E-state index >= 15 is 0 Å². The second kappa shape index (κ2) is 9.13. The SMILES string of the molecule is CN=C(NCc1nnc2ccccn12)NC1CCN(c2ncccc2F)C1.I. The Morgan fingerprint density at radius 2 is 2.18 bits per heavy atom. The number of halogens is 2. The fourth-order valence-corrected chi connectivity index (χ4v) is 3.24. The second-order valence-electron chi connectivity index (χ2n) is 6.36. The molecule has 1 unspecified atom stereocenters. The maximum atomic E-state index is 13.9. The summed E-state index contributed by atoms with van der Waals surface area (Å²) in [5, 5.41) is 15.0. The number of fused-ring (bicyclic) bond motifs is 1. The highest BCUT2D eigenvalue weighted by atomic mass is 127. The number of aliphatic imine (C=N–C) groups is 1. The molecule has 0 bridgehead atoms. The molecule has 0 amide bonds. The summed E-state index contributed by atoms with van der Waals surface area (Å²) in [5.74, 6) is 1.59. The Morgan fingerprint density at radius 1 is 1.29 bits per heavy atom. The number of aromatic nitrogens is 4. The van der Waals surface area contributed by atoms with Crippen molar-refractivity contribution in [2.24, 2.45) is 4.99 Å². The highest BCUT2D eigenvalue weighted by Gasteiger charge is 2.26. The largest absolute Gasteiger partial charge is 0.352 e. The van der Waals surface area contributed by atoms with Crippen LogP contribution in [0.4, 0.5) is 10.2 Å². The lowest BCUT2D eigenvalue weighted by Gasteiger charge is -2.19. The van der Waals surface area contributed by atoms with Gasteiger partial charge in [0.15, 0.2) is 29.1 Å². The van der Waals surface area contributed by atoms with Crippen LogP contribution in [0.25, 0.3) is 5.65 Å². The van der Waals surface area contributed by atoms with Crippen molar-refractivity contribution in [1.82, 2.24) is 30.2 Å². The van der Waals surface area contributed by atoms with Crippen LogP contribution in [0.5, 0.6) is 0 Å². The number of nitrogens with zero attached hydrogens (tertiary/aromatic N) is 6. The molecule has 0 radical (unpaired) electrons. The van der Waals surface area contributed by atoms with Crippen molar-refractivity contribution in [2.45, 2.75) is 19.0 Å². The summed E-state index contributed by atoms with van der Waals surface area (Å²) in [5.41, 5.74) is 0.807. The number of anilines is 1. The van der Waals surface area contributed by atoms with Crippen LogP contribution in [0.15, 0.2) is 47.7 Å². The van der Waals surface area contributed by atoms with Gasteiger partial charge in [-0.1, -0.05) is 6.07 Å². The van der Waals surface area contributed by atoms with Crippen molar-refractivity contribution in [3.8, 4) is 0 Å². The monoisotopic (exact) mass is 496 g/mol. The van der Waals surface area contributed by atoms with E-state index in [-0.39, 0.29) is 35.8 Å². The van der Waals surface area contributed by atoms with Gasteiger partial charge in [-0.3, -0.25) is 9.39 Å². The zero-order chi connectivity index (χ0) is 18.6. The standard InChI is InChI=1S/C18H21FN8.HI/c1-20-18(22-11-16-25-24-15-6-2-3-9-27(15)16)23-13-7-10-26(12-13)17-14(19)5-4-8-21-17;/h2-6,8-9,13H,7,10-12H2,1H3,(H2,20,22,23);1H. The third-order valence-corrected chi connectivity index (χ3v) is 4.59. The molecule has 1 saturated heterocycles. The molecular weight excluding hydrogens is 474 g/mol. The summed E-state index contributed by atoms with van der Waals surface area (Å²) in [7, 11) is 1.72. The zero-order valence-corrected chi connectivity index (χ0v) is 17.7. The average Bonchev–Trinajstić information content (AvgIpc) is 3.32. The Labute approximate surface area is 179 Å². The smallest absolute Gasteiger partial charge is 0.191 e. The number of rotatable bonds is 4. The van der Waals surface area contributed by atoms with Crippen molar-refractivity contribution >= 4 is 41.4 Å². The Morgan fingerprint density at radius 3 is 3.00 bits per heavy atom. The molecule has 0 spiro atoms. The molecular formula is C18H22FIN8. The van der Waals surface area contributed by atoms with Gasteiger partial charge in [0.1, 0.15) is 0 Å². The molecule has 1 atom stereocenters. The molecule has 148 valence electrons. The molecule has 4 rings (SSSR count). The van der Waals surface area contributed by atoms with Crippen molar-refractivity contribution in [1.29, 1.82) is 0 Å². The number of hydrogen-bond donors (Lipinski definition) is 2. The van der Waals surface area contributed by atoms with Gasteiger partial charge in [-0.15, -0.1) is 34.2 Å². The first-order chi connectivity index (χ1) is 13.2. The van der Waals surface area contributed by atoms with Crippen molar-refractivity contribution < 1.29 is 4.39 Å². The van der Waals surface area contributed by atoms with E-state index in [9.17, 15) is 4.39 Å². The van der Waals surface area contributed by atoms with E-state index in [1.54, 1.807) is 19.3 Å². The van der Waals surface area contributed by atoms with Crippen LogP contribution < -0.4 is 15.5 Å². The van der Waals surface area contributed by atoms with Gasteiger partial charge in [-0.25, -0.2) is 9.37 Å². The van der Waals surface area contributed by atoms with Gasteiger partial charge in [-0.05, 0) is 30.7 Å². The van der Waals surface area contributed by atoms with E-state index in [2.05, 4.69) is 30.8 Å². The number of pyridine rings is 2. The minimum absolute atomic E-state index is 0. The quantitative estimate of drug-likeness (QED) is 0.326. The van der Waals surface area contributed by atoms with Gasteiger partial charge in [-0.2, -0.15) is 0 Å². The first-order valence-electron chi connectivity index (χ1n) is 8.86. The van der Waals surface area contributed by atoms with Gasteiger partial charge in [0, 0.05) is 38.6 Å². The summed E-state index contributed by atoms with van der Waals surface area (Å²) in [6.45, 7) is 1.91. The van der Waals surface area contributed by atoms with Crippen molar-refractivity contribution in [2.75, 3.05) is 25.0 Å². The number of nitrogens with one attached hydrogen (secondary N) is 2. The van der Waals surface area contributed by atoms with E-state index in [1.807, 2.05) is 33.7 Å². The van der Waals surface area contributed by atoms with Gasteiger partial charge in [0.25, 0.3) is 0 Å². The van der Waals surface area contributed by atoms with Crippen LogP contribution in [-0.2, 0) is 6.54 Å². The highest BCUT2D eigenvalue weighted by molar-refractivity contribution is 14.0. The maximum absolute atomic E-state index is 13.9. The molecule has 8 nitrogen and oxygen atoms in total. The molecule has 10 heteroatoms. The normalized spacial score (nSPS) is 16.9. The van der Waals surface area contributed by atoms with Crippen LogP contribution in [0.1, 0.15) is 12.2 Å². The lowest BCUT2D eigenvalue weighted by atomic mass is 10.3. The Bertz CT molecular complexity index is 959. The Hall–Kier alpha value is -2.50. The van der Waals surface area contributed by atoms with Crippen LogP contribution in [0, 0.1) is 5.82 Å². The fraction of sp³-hybridized carbons (Fsp3) is 0.333. The van der Waals surface area contributed by atoms with Gasteiger partial charge in [0.2, 0.25) is 0 Å². The van der Waals surface area contributed by atoms with E-state index < -0.39 is 0 Å². The molecule has 0 aromatic carbocycles. The first kappa shape index (κ1) is 20.2. The third-order valence-electron chi connectivity index (χ3n) is 4.59. The molecule has 4 heterocycles. The lowest BCUT2D eigenvalue weighted by Crippen LogP contribution is -2.44. The van der Waals surface area contributed by atoms with E-state index in [1.165, 1.54) is 6.07 Å². The van der Waals surface area contributed by atoms with Crippen LogP contribution in [-0.4, -0.2) is 51.7 Å². The Balaban J connectivity index is 0.00000225. The predicted octanol–water partition coefficient (Wildman–Crippen LogP) is 1.83. The summed E-state index contributed by atoms with van der Waals surface area (Å²) in [4.78, 5) is 10.4. The highest BCUT2D eigenvalue weighted by Crippen LogP contribution is 2.20. The van der Waals surface area contributed by atoms with Gasteiger partial charge >= 0.3 is 0 Å². The fourth-order valence-electron chi connectivity index (χ4n) is 3.24. The minimum Gasteiger partial charge on any atom is -0.352 e. The van der Waals surface area contributed by atoms with E-state index in [4.69, 9.17) is 0 Å². The van der Waals surface area contributed by atoms with E-state index in [0.29, 0.717) is 24.9 Å². The number of guanidine groups is 1. The number of hydrogen-bond acceptors (Lipinski definition) is 5. The predicted molar refractivity (Wildman–Crippen MR) is 117 cm³/mol. The molecule has 3 aromatic heterocycles. The second-order valence-corrected chi connectivity index (χ2v) is 6.36. The summed E-state index contributed by atoms with van der Waals surface area (Å²) < 4.78 is 15.9. The van der Waals surface area contributed by atoms with Crippen LogP contribution in [0.2, 0.25) is 0 Å². The summed E-state index contributed by atoms with van der Waals surface area (Å²) in [6, 6.07) is 8.98. The lowest BCUT2D eigenvalue weighted by molar-refractivity contribution is 0.612. The molecule has 3 aromatic rings. The van der Waals surface area contributed by atoms with Gasteiger partial charge < -0.3 is 15.5 Å². The van der Waals surface area contributed by atoms with Gasteiger partial charge in [0.05, 0.1) is 6.54 Å². The maximum Gasteiger partial charge on any atom is 0.191 e. The molecule has 0 saturated carbocycles. The van der Waals surface area contributed by atoms with Crippen LogP contribution >= 0.6 is 24.0 Å². The molecule has 1 aliphatic heterocycles.